The van der Waals surface area contributed by atoms with Gasteiger partial charge in [0, 0.05) is 37.3 Å². The van der Waals surface area contributed by atoms with Gasteiger partial charge < -0.3 is 0 Å². The van der Waals surface area contributed by atoms with Crippen LogP contribution in [0.25, 0.3) is 0 Å². The van der Waals surface area contributed by atoms with Crippen molar-refractivity contribution in [3.05, 3.63) is 39.8 Å². The molecule has 0 saturated carbocycles. The molecule has 4 heterocycles. The molecule has 1 atom stereocenters. The Kier molecular flexibility index (Phi) is 4.87. The first kappa shape index (κ1) is 16.8. The average molecular weight is 360 g/mol. The van der Waals surface area contributed by atoms with E-state index in [2.05, 4.69) is 34.4 Å². The summed E-state index contributed by atoms with van der Waals surface area (Å²) in [5.41, 5.74) is 2.52. The van der Waals surface area contributed by atoms with Gasteiger partial charge in [0.2, 0.25) is 5.91 Å². The smallest absolute Gasteiger partial charge is 0.248 e. The number of carbonyl (C=O) groups is 1. The fourth-order valence-corrected chi connectivity index (χ4v) is 4.55. The van der Waals surface area contributed by atoms with E-state index in [0.717, 1.165) is 32.5 Å². The van der Waals surface area contributed by atoms with Gasteiger partial charge in [-0.25, -0.2) is 5.06 Å². The molecule has 1 fully saturated rings. The van der Waals surface area contributed by atoms with Crippen LogP contribution in [0.1, 0.15) is 41.4 Å². The first-order chi connectivity index (χ1) is 12.2. The van der Waals surface area contributed by atoms with Crippen molar-refractivity contribution in [2.24, 2.45) is 0 Å². The molecule has 134 valence electrons. The van der Waals surface area contributed by atoms with Crippen molar-refractivity contribution in [1.82, 2.24) is 19.7 Å². The van der Waals surface area contributed by atoms with E-state index >= 15 is 0 Å². The van der Waals surface area contributed by atoms with Gasteiger partial charge in [0.25, 0.3) is 0 Å². The van der Waals surface area contributed by atoms with Gasteiger partial charge in [0.05, 0.1) is 24.8 Å². The number of hydroxylamine groups is 2. The molecule has 4 rings (SSSR count). The number of amides is 1. The molecular weight excluding hydrogens is 336 g/mol. The Morgan fingerprint density at radius 3 is 3.08 bits per heavy atom. The molecule has 25 heavy (non-hydrogen) atoms. The van der Waals surface area contributed by atoms with E-state index in [0.29, 0.717) is 19.6 Å². The summed E-state index contributed by atoms with van der Waals surface area (Å²) >= 11 is 1.81. The predicted molar refractivity (Wildman–Crippen MR) is 96.0 cm³/mol. The lowest BCUT2D eigenvalue weighted by molar-refractivity contribution is -0.198. The molecule has 1 amide bonds. The summed E-state index contributed by atoms with van der Waals surface area (Å²) < 4.78 is 2.03. The number of hydrogen-bond donors (Lipinski definition) is 0. The number of fused-ring (bicyclic) bond motifs is 1. The molecule has 0 aromatic carbocycles. The van der Waals surface area contributed by atoms with E-state index in [4.69, 9.17) is 4.84 Å². The number of carbonyl (C=O) groups excluding carboxylic acids is 1. The third-order valence-corrected chi connectivity index (χ3v) is 5.99. The lowest BCUT2D eigenvalue weighted by Gasteiger charge is -2.35. The minimum Gasteiger partial charge on any atom is -0.290 e. The maximum Gasteiger partial charge on any atom is 0.248 e. The zero-order valence-corrected chi connectivity index (χ0v) is 15.4. The Bertz CT molecular complexity index is 735. The van der Waals surface area contributed by atoms with Crippen LogP contribution in [0.3, 0.4) is 0 Å². The molecule has 0 bridgehead atoms. The lowest BCUT2D eigenvalue weighted by atomic mass is 10.1. The van der Waals surface area contributed by atoms with E-state index in [1.165, 1.54) is 16.1 Å². The third-order valence-electron chi connectivity index (χ3n) is 4.98. The van der Waals surface area contributed by atoms with Crippen LogP contribution in [-0.2, 0) is 22.7 Å². The number of aryl methyl sites for hydroxylation is 1. The minimum atomic E-state index is 0.0667. The molecule has 2 aliphatic rings. The summed E-state index contributed by atoms with van der Waals surface area (Å²) in [6.07, 6.45) is 4.33. The van der Waals surface area contributed by atoms with Gasteiger partial charge >= 0.3 is 0 Å². The van der Waals surface area contributed by atoms with Crippen LogP contribution < -0.4 is 0 Å². The predicted octanol–water partition coefficient (Wildman–Crippen LogP) is 2.75. The van der Waals surface area contributed by atoms with Crippen LogP contribution >= 0.6 is 11.3 Å². The van der Waals surface area contributed by atoms with Crippen molar-refractivity contribution in [2.45, 2.75) is 45.3 Å². The summed E-state index contributed by atoms with van der Waals surface area (Å²) in [6, 6.07) is 4.29. The fraction of sp³-hybridized carbons (Fsp3) is 0.556. The molecule has 0 spiro atoms. The SMILES string of the molecule is Cc1ccsc1CN1Cc2ccnn2C(CC(=O)N2CCCCO2)C1. The van der Waals surface area contributed by atoms with Crippen molar-refractivity contribution in [2.75, 3.05) is 19.7 Å². The highest BCUT2D eigenvalue weighted by atomic mass is 32.1. The Labute approximate surface area is 151 Å². The van der Waals surface area contributed by atoms with Crippen LogP contribution in [0.5, 0.6) is 0 Å². The van der Waals surface area contributed by atoms with Gasteiger partial charge in [-0.05, 0) is 42.8 Å². The Morgan fingerprint density at radius 1 is 1.40 bits per heavy atom. The molecule has 2 aromatic heterocycles. The lowest BCUT2D eigenvalue weighted by Crippen LogP contribution is -2.42. The fourth-order valence-electron chi connectivity index (χ4n) is 3.60. The summed E-state index contributed by atoms with van der Waals surface area (Å²) in [7, 11) is 0. The van der Waals surface area contributed by atoms with Crippen LogP contribution in [0.15, 0.2) is 23.7 Å². The monoisotopic (exact) mass is 360 g/mol. The zero-order chi connectivity index (χ0) is 17.2. The Hall–Kier alpha value is -1.70. The maximum absolute atomic E-state index is 12.6. The second-order valence-electron chi connectivity index (χ2n) is 6.86. The van der Waals surface area contributed by atoms with Crippen LogP contribution in [0.4, 0.5) is 0 Å². The zero-order valence-electron chi connectivity index (χ0n) is 14.6. The van der Waals surface area contributed by atoms with Gasteiger partial charge in [0.1, 0.15) is 0 Å². The molecule has 0 aliphatic carbocycles. The largest absolute Gasteiger partial charge is 0.290 e. The Morgan fingerprint density at radius 2 is 2.32 bits per heavy atom. The normalized spacial score (nSPS) is 21.3. The molecule has 2 aromatic rings. The molecule has 1 unspecified atom stereocenters. The molecule has 0 radical (unpaired) electrons. The first-order valence-corrected chi connectivity index (χ1v) is 9.79. The second-order valence-corrected chi connectivity index (χ2v) is 7.86. The van der Waals surface area contributed by atoms with Gasteiger partial charge in [-0.1, -0.05) is 0 Å². The first-order valence-electron chi connectivity index (χ1n) is 8.91. The van der Waals surface area contributed by atoms with Crippen molar-refractivity contribution >= 4 is 17.2 Å². The van der Waals surface area contributed by atoms with E-state index < -0.39 is 0 Å². The average Bonchev–Trinajstić information content (AvgIpc) is 3.25. The Balaban J connectivity index is 1.47. The number of nitrogens with zero attached hydrogens (tertiary/aromatic N) is 4. The van der Waals surface area contributed by atoms with Crippen molar-refractivity contribution in [1.29, 1.82) is 0 Å². The third kappa shape index (κ3) is 3.63. The van der Waals surface area contributed by atoms with E-state index in [1.54, 1.807) is 16.4 Å². The summed E-state index contributed by atoms with van der Waals surface area (Å²) in [6.45, 7) is 6.16. The van der Waals surface area contributed by atoms with Crippen molar-refractivity contribution in [3.63, 3.8) is 0 Å². The van der Waals surface area contributed by atoms with Gasteiger partial charge in [-0.15, -0.1) is 11.3 Å². The van der Waals surface area contributed by atoms with Crippen molar-refractivity contribution in [3.8, 4) is 0 Å². The van der Waals surface area contributed by atoms with Gasteiger partial charge in [-0.3, -0.25) is 19.2 Å². The van der Waals surface area contributed by atoms with Gasteiger partial charge in [-0.2, -0.15) is 5.10 Å². The molecular formula is C18H24N4O2S. The van der Waals surface area contributed by atoms with Crippen LogP contribution in [0, 0.1) is 6.92 Å². The van der Waals surface area contributed by atoms with Crippen molar-refractivity contribution < 1.29 is 9.63 Å². The number of rotatable bonds is 4. The van der Waals surface area contributed by atoms with Gasteiger partial charge in [0.15, 0.2) is 0 Å². The minimum absolute atomic E-state index is 0.0667. The maximum atomic E-state index is 12.6. The molecule has 6 nitrogen and oxygen atoms in total. The highest BCUT2D eigenvalue weighted by Gasteiger charge is 2.30. The van der Waals surface area contributed by atoms with Crippen LogP contribution in [-0.4, -0.2) is 45.3 Å². The summed E-state index contributed by atoms with van der Waals surface area (Å²) in [4.78, 5) is 22.0. The van der Waals surface area contributed by atoms with Crippen LogP contribution in [0.2, 0.25) is 0 Å². The highest BCUT2D eigenvalue weighted by molar-refractivity contribution is 7.10. The molecule has 2 aliphatic heterocycles. The van der Waals surface area contributed by atoms with E-state index in [9.17, 15) is 4.79 Å². The number of hydrogen-bond acceptors (Lipinski definition) is 5. The number of thiophene rings is 1. The molecule has 1 saturated heterocycles. The number of aromatic nitrogens is 2. The highest BCUT2D eigenvalue weighted by Crippen LogP contribution is 2.27. The summed E-state index contributed by atoms with van der Waals surface area (Å²) in [5.74, 6) is 0.0697. The van der Waals surface area contributed by atoms with E-state index in [-0.39, 0.29) is 11.9 Å². The second kappa shape index (κ2) is 7.27. The topological polar surface area (TPSA) is 50.6 Å². The van der Waals surface area contributed by atoms with E-state index in [1.807, 2.05) is 10.9 Å². The molecule has 0 N–H and O–H groups in total. The standard InChI is InChI=1S/C18H24N4O2S/c1-14-5-9-25-17(14)13-20-11-15-4-6-19-22(15)16(12-20)10-18(23)21-7-2-3-8-24-21/h4-6,9,16H,2-3,7-8,10-13H2,1H3. The quantitative estimate of drug-likeness (QED) is 0.841. The summed E-state index contributed by atoms with van der Waals surface area (Å²) in [5, 5.41) is 8.16. The molecule has 7 heteroatoms.